The molecule has 0 fully saturated rings. The number of aromatic nitrogens is 4. The van der Waals surface area contributed by atoms with Crippen LogP contribution in [0, 0.1) is 0 Å². The monoisotopic (exact) mass is 389 g/mol. The molecule has 0 atom stereocenters. The molecule has 0 aliphatic carbocycles. The van der Waals surface area contributed by atoms with E-state index in [2.05, 4.69) is 25.7 Å². The lowest BCUT2D eigenvalue weighted by molar-refractivity contribution is 0.414. The molecule has 8 nitrogen and oxygen atoms in total. The topological polar surface area (TPSA) is 95.2 Å². The number of benzene rings is 2. The predicted molar refractivity (Wildman–Crippen MR) is 108 cm³/mol. The molecule has 0 radical (unpaired) electrons. The van der Waals surface area contributed by atoms with Gasteiger partial charge in [-0.3, -0.25) is 0 Å². The van der Waals surface area contributed by atoms with Crippen LogP contribution in [0.5, 0.6) is 11.5 Å². The largest absolute Gasteiger partial charge is 0.497 e. The summed E-state index contributed by atoms with van der Waals surface area (Å²) in [5, 5.41) is 15.6. The molecule has 0 spiro atoms. The number of methoxy groups -OCH3 is 2. The zero-order valence-electron chi connectivity index (χ0n) is 16.0. The van der Waals surface area contributed by atoms with Crippen molar-refractivity contribution in [3.63, 3.8) is 0 Å². The van der Waals surface area contributed by atoms with Crippen LogP contribution in [-0.2, 0) is 6.54 Å². The van der Waals surface area contributed by atoms with Crippen LogP contribution in [-0.4, -0.2) is 34.6 Å². The normalized spacial score (nSPS) is 10.6. The third-order valence-corrected chi connectivity index (χ3v) is 4.29. The number of ether oxygens (including phenoxy) is 2. The number of hydrogen-bond donors (Lipinski definition) is 1. The van der Waals surface area contributed by atoms with Crippen molar-refractivity contribution < 1.29 is 14.0 Å². The quantitative estimate of drug-likeness (QED) is 0.510. The van der Waals surface area contributed by atoms with E-state index in [-0.39, 0.29) is 0 Å². The van der Waals surface area contributed by atoms with Crippen LogP contribution >= 0.6 is 0 Å². The van der Waals surface area contributed by atoms with Crippen molar-refractivity contribution in [3.8, 4) is 34.5 Å². The Morgan fingerprint density at radius 2 is 1.52 bits per heavy atom. The van der Waals surface area contributed by atoms with E-state index in [4.69, 9.17) is 14.0 Å². The van der Waals surface area contributed by atoms with Gasteiger partial charge in [-0.1, -0.05) is 17.3 Å². The molecule has 2 aromatic heterocycles. The van der Waals surface area contributed by atoms with Crippen molar-refractivity contribution in [2.75, 3.05) is 19.5 Å². The molecule has 8 heteroatoms. The van der Waals surface area contributed by atoms with Gasteiger partial charge in [0.15, 0.2) is 5.69 Å². The van der Waals surface area contributed by atoms with E-state index in [9.17, 15) is 0 Å². The molecule has 0 saturated heterocycles. The Bertz CT molecular complexity index is 1060. The van der Waals surface area contributed by atoms with E-state index >= 15 is 0 Å². The summed E-state index contributed by atoms with van der Waals surface area (Å²) >= 11 is 0. The molecule has 1 N–H and O–H groups in total. The van der Waals surface area contributed by atoms with Crippen LogP contribution in [0.15, 0.2) is 65.2 Å². The Balaban J connectivity index is 1.41. The minimum Gasteiger partial charge on any atom is -0.497 e. The Hall–Kier alpha value is -3.94. The average Bonchev–Trinajstić information content (AvgIpc) is 3.29. The van der Waals surface area contributed by atoms with Crippen LogP contribution in [0.2, 0.25) is 0 Å². The molecule has 0 amide bonds. The van der Waals surface area contributed by atoms with Crippen molar-refractivity contribution >= 4 is 5.82 Å². The summed E-state index contributed by atoms with van der Waals surface area (Å²) < 4.78 is 15.6. The van der Waals surface area contributed by atoms with Gasteiger partial charge in [0.1, 0.15) is 17.3 Å². The summed E-state index contributed by atoms with van der Waals surface area (Å²) in [6.45, 7) is 0.625. The van der Waals surface area contributed by atoms with E-state index in [0.29, 0.717) is 29.8 Å². The zero-order valence-corrected chi connectivity index (χ0v) is 16.0. The van der Waals surface area contributed by atoms with Crippen molar-refractivity contribution in [2.24, 2.45) is 0 Å². The Morgan fingerprint density at radius 3 is 2.14 bits per heavy atom. The van der Waals surface area contributed by atoms with Crippen molar-refractivity contribution in [3.05, 3.63) is 66.2 Å². The van der Waals surface area contributed by atoms with Gasteiger partial charge in [-0.25, -0.2) is 0 Å². The Morgan fingerprint density at radius 1 is 0.828 bits per heavy atom. The first kappa shape index (κ1) is 18.4. The van der Waals surface area contributed by atoms with Gasteiger partial charge in [0.05, 0.1) is 14.2 Å². The third-order valence-electron chi connectivity index (χ3n) is 4.29. The maximum absolute atomic E-state index is 5.33. The van der Waals surface area contributed by atoms with Crippen molar-refractivity contribution in [1.82, 2.24) is 20.3 Å². The van der Waals surface area contributed by atoms with Gasteiger partial charge in [-0.2, -0.15) is 4.98 Å². The number of hydrogen-bond acceptors (Lipinski definition) is 8. The molecule has 0 saturated carbocycles. The predicted octanol–water partition coefficient (Wildman–Crippen LogP) is 3.82. The Labute approximate surface area is 167 Å². The molecular formula is C21H19N5O3. The highest BCUT2D eigenvalue weighted by atomic mass is 16.5. The maximum atomic E-state index is 5.33. The zero-order chi connectivity index (χ0) is 20.1. The van der Waals surface area contributed by atoms with E-state index in [1.54, 1.807) is 20.3 Å². The summed E-state index contributed by atoms with van der Waals surface area (Å²) in [6.07, 6.45) is 0. The average molecular weight is 389 g/mol. The number of nitrogens with zero attached hydrogens (tertiary/aromatic N) is 4. The molecule has 0 bridgehead atoms. The number of anilines is 1. The molecule has 0 unspecified atom stereocenters. The first-order valence-corrected chi connectivity index (χ1v) is 8.94. The second-order valence-corrected chi connectivity index (χ2v) is 6.16. The van der Waals surface area contributed by atoms with Gasteiger partial charge in [-0.15, -0.1) is 10.2 Å². The Kier molecular flexibility index (Phi) is 5.33. The third kappa shape index (κ3) is 4.32. The van der Waals surface area contributed by atoms with E-state index < -0.39 is 0 Å². The maximum Gasteiger partial charge on any atom is 0.278 e. The smallest absolute Gasteiger partial charge is 0.278 e. The van der Waals surface area contributed by atoms with Gasteiger partial charge in [0.2, 0.25) is 5.82 Å². The van der Waals surface area contributed by atoms with Crippen LogP contribution in [0.4, 0.5) is 5.82 Å². The molecule has 2 heterocycles. The van der Waals surface area contributed by atoms with Crippen molar-refractivity contribution in [1.29, 1.82) is 0 Å². The molecule has 29 heavy (non-hydrogen) atoms. The van der Waals surface area contributed by atoms with Gasteiger partial charge < -0.3 is 19.3 Å². The summed E-state index contributed by atoms with van der Waals surface area (Å²) in [4.78, 5) is 4.39. The van der Waals surface area contributed by atoms with Gasteiger partial charge in [0, 0.05) is 12.1 Å². The van der Waals surface area contributed by atoms with E-state index in [1.807, 2.05) is 54.6 Å². The van der Waals surface area contributed by atoms with Crippen LogP contribution < -0.4 is 14.8 Å². The lowest BCUT2D eigenvalue weighted by Crippen LogP contribution is -2.02. The lowest BCUT2D eigenvalue weighted by atomic mass is 10.2. The first-order valence-electron chi connectivity index (χ1n) is 8.94. The first-order chi connectivity index (χ1) is 14.2. The minimum absolute atomic E-state index is 0.310. The molecule has 0 aliphatic rings. The highest BCUT2D eigenvalue weighted by molar-refractivity contribution is 5.59. The fourth-order valence-electron chi connectivity index (χ4n) is 2.66. The highest BCUT2D eigenvalue weighted by Gasteiger charge is 2.12. The second-order valence-electron chi connectivity index (χ2n) is 6.16. The van der Waals surface area contributed by atoms with E-state index in [1.165, 1.54) is 0 Å². The molecule has 2 aromatic carbocycles. The number of rotatable bonds is 7. The number of nitrogens with one attached hydrogen (secondary N) is 1. The van der Waals surface area contributed by atoms with Gasteiger partial charge in [-0.05, 0) is 54.1 Å². The summed E-state index contributed by atoms with van der Waals surface area (Å²) in [5.41, 5.74) is 2.44. The standard InChI is InChI=1S/C21H19N5O3/c1-27-16-7-3-14(4-8-16)13-22-19-12-11-18(24-25-19)21-23-20(26-29-21)15-5-9-17(28-2)10-6-15/h3-12H,13H2,1-2H3,(H,22,25). The molecular weight excluding hydrogens is 370 g/mol. The molecule has 4 rings (SSSR count). The minimum atomic E-state index is 0.310. The molecule has 146 valence electrons. The fourth-order valence-corrected chi connectivity index (χ4v) is 2.66. The lowest BCUT2D eigenvalue weighted by Gasteiger charge is -2.06. The highest BCUT2D eigenvalue weighted by Crippen LogP contribution is 2.23. The molecule has 0 aliphatic heterocycles. The van der Waals surface area contributed by atoms with Crippen LogP contribution in [0.25, 0.3) is 23.0 Å². The van der Waals surface area contributed by atoms with Crippen LogP contribution in [0.3, 0.4) is 0 Å². The second kappa shape index (κ2) is 8.39. The van der Waals surface area contributed by atoms with Crippen molar-refractivity contribution in [2.45, 2.75) is 6.54 Å². The fraction of sp³-hybridized carbons (Fsp3) is 0.143. The molecule has 4 aromatic rings. The van der Waals surface area contributed by atoms with Gasteiger partial charge >= 0.3 is 0 Å². The van der Waals surface area contributed by atoms with Gasteiger partial charge in [0.25, 0.3) is 5.89 Å². The summed E-state index contributed by atoms with van der Waals surface area (Å²) in [6, 6.07) is 18.8. The van der Waals surface area contributed by atoms with E-state index in [0.717, 1.165) is 22.6 Å². The van der Waals surface area contributed by atoms with Crippen LogP contribution in [0.1, 0.15) is 5.56 Å². The SMILES string of the molecule is COc1ccc(CNc2ccc(-c3nc(-c4ccc(OC)cc4)no3)nn2)cc1. The summed E-state index contributed by atoms with van der Waals surface area (Å²) in [5.74, 6) is 3.03. The summed E-state index contributed by atoms with van der Waals surface area (Å²) in [7, 11) is 3.27.